The predicted molar refractivity (Wildman–Crippen MR) is 167 cm³/mol. The predicted octanol–water partition coefficient (Wildman–Crippen LogP) is 6.62. The van der Waals surface area contributed by atoms with Gasteiger partial charge in [0.05, 0.1) is 17.0 Å². The highest BCUT2D eigenvalue weighted by Crippen LogP contribution is 2.31. The number of benzene rings is 3. The normalized spacial score (nSPS) is 12.9. The van der Waals surface area contributed by atoms with Crippen LogP contribution in [0.5, 0.6) is 0 Å². The summed E-state index contributed by atoms with van der Waals surface area (Å²) in [6.07, 6.45) is 1.81. The molecule has 0 aliphatic heterocycles. The van der Waals surface area contributed by atoms with E-state index in [2.05, 4.69) is 5.32 Å². The van der Waals surface area contributed by atoms with Gasteiger partial charge in [-0.25, -0.2) is 8.42 Å². The molecule has 0 fully saturated rings. The average molecular weight is 659 g/mol. The van der Waals surface area contributed by atoms with E-state index in [4.69, 9.17) is 46.4 Å². The van der Waals surface area contributed by atoms with Crippen molar-refractivity contribution in [2.24, 2.45) is 0 Å². The summed E-state index contributed by atoms with van der Waals surface area (Å²) >= 11 is 25.3. The molecule has 220 valence electrons. The second-order valence-corrected chi connectivity index (χ2v) is 13.2. The molecule has 0 saturated carbocycles. The lowest BCUT2D eigenvalue weighted by Crippen LogP contribution is -2.54. The molecule has 41 heavy (non-hydrogen) atoms. The quantitative estimate of drug-likeness (QED) is 0.237. The number of amides is 2. The van der Waals surface area contributed by atoms with Crippen LogP contribution >= 0.6 is 46.4 Å². The van der Waals surface area contributed by atoms with E-state index in [1.165, 1.54) is 23.1 Å². The number of halogens is 4. The van der Waals surface area contributed by atoms with Crippen LogP contribution in [0, 0.1) is 0 Å². The van der Waals surface area contributed by atoms with Gasteiger partial charge in [-0.15, -0.1) is 0 Å². The van der Waals surface area contributed by atoms with Crippen LogP contribution in [-0.2, 0) is 32.6 Å². The largest absolute Gasteiger partial charge is 0.352 e. The molecule has 12 heteroatoms. The smallest absolute Gasteiger partial charge is 0.244 e. The second kappa shape index (κ2) is 14.6. The Balaban J connectivity index is 2.13. The Kier molecular flexibility index (Phi) is 11.8. The summed E-state index contributed by atoms with van der Waals surface area (Å²) in [6, 6.07) is 17.3. The van der Waals surface area contributed by atoms with E-state index in [-0.39, 0.29) is 29.7 Å². The third-order valence-corrected chi connectivity index (χ3v) is 8.89. The van der Waals surface area contributed by atoms with Gasteiger partial charge >= 0.3 is 0 Å². The first-order valence-corrected chi connectivity index (χ1v) is 16.2. The zero-order valence-electron chi connectivity index (χ0n) is 22.8. The molecule has 7 nitrogen and oxygen atoms in total. The van der Waals surface area contributed by atoms with Gasteiger partial charge in [-0.05, 0) is 49.2 Å². The lowest BCUT2D eigenvalue weighted by atomic mass is 10.0. The van der Waals surface area contributed by atoms with E-state index in [1.807, 2.05) is 44.2 Å². The van der Waals surface area contributed by atoms with E-state index in [1.54, 1.807) is 18.2 Å². The first-order chi connectivity index (χ1) is 19.3. The van der Waals surface area contributed by atoms with Gasteiger partial charge in [0.2, 0.25) is 21.8 Å². The van der Waals surface area contributed by atoms with Crippen LogP contribution in [0.3, 0.4) is 0 Å². The maximum Gasteiger partial charge on any atom is 0.244 e. The second-order valence-electron chi connectivity index (χ2n) is 9.61. The number of carbonyl (C=O) groups is 2. The first-order valence-electron chi connectivity index (χ1n) is 12.8. The molecule has 0 bridgehead atoms. The van der Waals surface area contributed by atoms with Gasteiger partial charge in [0.1, 0.15) is 12.6 Å². The molecule has 0 unspecified atom stereocenters. The molecule has 0 heterocycles. The highest BCUT2D eigenvalue weighted by Gasteiger charge is 2.34. The number of sulfonamides is 1. The number of anilines is 1. The van der Waals surface area contributed by atoms with Gasteiger partial charge in [0, 0.05) is 39.6 Å². The van der Waals surface area contributed by atoms with Crippen LogP contribution < -0.4 is 9.62 Å². The lowest BCUT2D eigenvalue weighted by molar-refractivity contribution is -0.140. The molecule has 2 atom stereocenters. The molecule has 0 aromatic heterocycles. The van der Waals surface area contributed by atoms with Crippen molar-refractivity contribution >= 4 is 73.9 Å². The maximum atomic E-state index is 14.2. The molecule has 2 amide bonds. The van der Waals surface area contributed by atoms with Gasteiger partial charge in [-0.3, -0.25) is 13.9 Å². The van der Waals surface area contributed by atoms with Crippen molar-refractivity contribution in [3.8, 4) is 0 Å². The molecule has 0 aliphatic rings. The van der Waals surface area contributed by atoms with Gasteiger partial charge in [-0.2, -0.15) is 0 Å². The highest BCUT2D eigenvalue weighted by molar-refractivity contribution is 7.92. The molecule has 0 saturated heterocycles. The minimum Gasteiger partial charge on any atom is -0.352 e. The highest BCUT2D eigenvalue weighted by atomic mass is 35.5. The minimum atomic E-state index is -3.99. The molecule has 3 aromatic carbocycles. The fourth-order valence-electron chi connectivity index (χ4n) is 4.13. The summed E-state index contributed by atoms with van der Waals surface area (Å²) in [5.74, 6) is -1.05. The monoisotopic (exact) mass is 657 g/mol. The van der Waals surface area contributed by atoms with Crippen molar-refractivity contribution in [3.63, 3.8) is 0 Å². The van der Waals surface area contributed by atoms with Gasteiger partial charge in [0.15, 0.2) is 0 Å². The number of rotatable bonds is 12. The zero-order chi connectivity index (χ0) is 30.3. The summed E-state index contributed by atoms with van der Waals surface area (Å²) in [5.41, 5.74) is 1.31. The van der Waals surface area contributed by atoms with Crippen LogP contribution in [0.2, 0.25) is 20.1 Å². The minimum absolute atomic E-state index is 0.0479. The average Bonchev–Trinajstić information content (AvgIpc) is 2.90. The van der Waals surface area contributed by atoms with E-state index >= 15 is 0 Å². The van der Waals surface area contributed by atoms with Crippen LogP contribution in [0.1, 0.15) is 31.4 Å². The van der Waals surface area contributed by atoms with Crippen molar-refractivity contribution in [1.82, 2.24) is 10.2 Å². The summed E-state index contributed by atoms with van der Waals surface area (Å²) < 4.78 is 26.7. The Morgan fingerprint density at radius 2 is 1.54 bits per heavy atom. The third kappa shape index (κ3) is 9.00. The SMILES string of the molecule is CC[C@H](C)NC(=O)[C@H](Cc1ccccc1)N(Cc1c(Cl)cccc1Cl)C(=O)CN(c1ccc(Cl)cc1Cl)S(C)(=O)=O. The van der Waals surface area contributed by atoms with Crippen molar-refractivity contribution < 1.29 is 18.0 Å². The van der Waals surface area contributed by atoms with E-state index in [0.29, 0.717) is 27.1 Å². The molecule has 3 rings (SSSR count). The summed E-state index contributed by atoms with van der Waals surface area (Å²) in [6.45, 7) is 3.02. The molecule has 1 N–H and O–H groups in total. The van der Waals surface area contributed by atoms with Gasteiger partial charge in [-0.1, -0.05) is 89.7 Å². The van der Waals surface area contributed by atoms with Crippen molar-refractivity contribution in [3.05, 3.63) is 97.9 Å². The van der Waals surface area contributed by atoms with E-state index in [0.717, 1.165) is 16.1 Å². The molecular weight excluding hydrogens is 628 g/mol. The number of nitrogens with one attached hydrogen (secondary N) is 1. The number of hydrogen-bond acceptors (Lipinski definition) is 4. The Morgan fingerprint density at radius 1 is 0.902 bits per heavy atom. The Bertz CT molecular complexity index is 1470. The Morgan fingerprint density at radius 3 is 2.10 bits per heavy atom. The fourth-order valence-corrected chi connectivity index (χ4v) is 6.07. The topological polar surface area (TPSA) is 86.8 Å². The van der Waals surface area contributed by atoms with Crippen molar-refractivity contribution in [1.29, 1.82) is 0 Å². The molecule has 0 aliphatic carbocycles. The summed E-state index contributed by atoms with van der Waals surface area (Å²) in [7, 11) is -3.99. The number of carbonyl (C=O) groups excluding carboxylic acids is 2. The van der Waals surface area contributed by atoms with Crippen molar-refractivity contribution in [2.75, 3.05) is 17.1 Å². The molecule has 0 spiro atoms. The van der Waals surface area contributed by atoms with E-state index in [9.17, 15) is 18.0 Å². The Labute approximate surface area is 261 Å². The third-order valence-electron chi connectivity index (χ3n) is 6.52. The first kappa shape index (κ1) is 33.0. The van der Waals surface area contributed by atoms with Gasteiger partial charge < -0.3 is 10.2 Å². The number of hydrogen-bond donors (Lipinski definition) is 1. The molecule has 0 radical (unpaired) electrons. The van der Waals surface area contributed by atoms with Crippen LogP contribution in [0.4, 0.5) is 5.69 Å². The van der Waals surface area contributed by atoms with Crippen LogP contribution in [0.15, 0.2) is 66.7 Å². The summed E-state index contributed by atoms with van der Waals surface area (Å²) in [4.78, 5) is 29.2. The standard InChI is InChI=1S/C29H31Cl4N3O4S/c1-4-19(2)34-29(38)27(15-20-9-6-5-7-10-20)35(17-22-23(31)11-8-12-24(22)32)28(37)18-36(41(3,39)40)26-14-13-21(30)16-25(26)33/h5-14,16,19,27H,4,15,17-18H2,1-3H3,(H,34,38)/t19-,27-/m0/s1. The molecule has 3 aromatic rings. The fraction of sp³-hybridized carbons (Fsp3) is 0.310. The Hall–Kier alpha value is -2.49. The zero-order valence-corrected chi connectivity index (χ0v) is 26.6. The van der Waals surface area contributed by atoms with Crippen LogP contribution in [0.25, 0.3) is 0 Å². The van der Waals surface area contributed by atoms with E-state index < -0.39 is 34.4 Å². The van der Waals surface area contributed by atoms with Gasteiger partial charge in [0.25, 0.3) is 0 Å². The molecular formula is C29H31Cl4N3O4S. The number of nitrogens with zero attached hydrogens (tertiary/aromatic N) is 2. The van der Waals surface area contributed by atoms with Crippen LogP contribution in [-0.4, -0.2) is 50.0 Å². The van der Waals surface area contributed by atoms with Crippen molar-refractivity contribution in [2.45, 2.75) is 45.3 Å². The lowest BCUT2D eigenvalue weighted by Gasteiger charge is -2.34. The summed E-state index contributed by atoms with van der Waals surface area (Å²) in [5, 5.41) is 3.92. The maximum absolute atomic E-state index is 14.2.